The topological polar surface area (TPSA) is 74.8 Å². The third kappa shape index (κ3) is 3.56. The molecule has 2 aliphatic rings. The van der Waals surface area contributed by atoms with E-state index in [4.69, 9.17) is 0 Å². The minimum Gasteiger partial charge on any atom is -0.272 e. The standard InChI is InChI=1S/C19H8Br6N2O4/c1-5(27-17(29)7-3-9(21)13(23)15(25)11(7)19(27)31)4-26-16(28)6-2-8(20)12(22)14(24)10(6)18(26)30/h2-3,5H,4H2,1H3. The van der Waals surface area contributed by atoms with Gasteiger partial charge >= 0.3 is 0 Å². The van der Waals surface area contributed by atoms with E-state index in [-0.39, 0.29) is 28.8 Å². The number of hydrogen-bond acceptors (Lipinski definition) is 4. The molecule has 2 aliphatic heterocycles. The molecule has 2 heterocycles. The van der Waals surface area contributed by atoms with Crippen molar-refractivity contribution in [3.05, 3.63) is 61.2 Å². The van der Waals surface area contributed by atoms with Crippen molar-refractivity contribution in [1.82, 2.24) is 9.80 Å². The number of hydrogen-bond donors (Lipinski definition) is 0. The summed E-state index contributed by atoms with van der Waals surface area (Å²) >= 11 is 20.2. The number of carbonyl (C=O) groups is 4. The van der Waals surface area contributed by atoms with Crippen molar-refractivity contribution in [2.75, 3.05) is 6.54 Å². The molecule has 0 N–H and O–H groups in total. The van der Waals surface area contributed by atoms with E-state index in [0.29, 0.717) is 26.8 Å². The summed E-state index contributed by atoms with van der Waals surface area (Å²) in [5.74, 6) is -1.94. The van der Waals surface area contributed by atoms with Gasteiger partial charge in [0.05, 0.1) is 34.8 Å². The Bertz CT molecular complexity index is 1240. The monoisotopic (exact) mass is 802 g/mol. The van der Waals surface area contributed by atoms with Crippen LogP contribution < -0.4 is 0 Å². The van der Waals surface area contributed by atoms with Crippen LogP contribution in [0, 0.1) is 0 Å². The van der Waals surface area contributed by atoms with Crippen LogP contribution in [0.4, 0.5) is 0 Å². The maximum Gasteiger partial charge on any atom is 0.263 e. The maximum atomic E-state index is 13.1. The fourth-order valence-electron chi connectivity index (χ4n) is 3.57. The summed E-state index contributed by atoms with van der Waals surface area (Å²) in [5, 5.41) is 0. The Kier molecular flexibility index (Phi) is 6.46. The van der Waals surface area contributed by atoms with Crippen LogP contribution in [-0.2, 0) is 0 Å². The van der Waals surface area contributed by atoms with Gasteiger partial charge < -0.3 is 0 Å². The Morgan fingerprint density at radius 2 is 1.13 bits per heavy atom. The molecule has 160 valence electrons. The van der Waals surface area contributed by atoms with Crippen LogP contribution in [-0.4, -0.2) is 46.0 Å². The normalized spacial score (nSPS) is 16.4. The highest BCUT2D eigenvalue weighted by Crippen LogP contribution is 2.42. The van der Waals surface area contributed by atoms with Gasteiger partial charge in [-0.1, -0.05) is 0 Å². The van der Waals surface area contributed by atoms with Crippen LogP contribution in [0.5, 0.6) is 0 Å². The molecule has 2 aromatic rings. The van der Waals surface area contributed by atoms with Crippen LogP contribution >= 0.6 is 95.6 Å². The lowest BCUT2D eigenvalue weighted by molar-refractivity contribution is 0.0492. The highest BCUT2D eigenvalue weighted by atomic mass is 79.9. The second-order valence-electron chi connectivity index (χ2n) is 6.87. The molecular formula is C19H8Br6N2O4. The third-order valence-corrected chi connectivity index (χ3v) is 11.6. The molecule has 0 spiro atoms. The zero-order valence-corrected chi connectivity index (χ0v) is 24.8. The van der Waals surface area contributed by atoms with Gasteiger partial charge in [-0.05, 0) is 115 Å². The van der Waals surface area contributed by atoms with Crippen molar-refractivity contribution in [2.24, 2.45) is 0 Å². The molecule has 1 atom stereocenters. The molecule has 1 unspecified atom stereocenters. The maximum absolute atomic E-state index is 13.1. The van der Waals surface area contributed by atoms with Gasteiger partial charge in [0.2, 0.25) is 0 Å². The van der Waals surface area contributed by atoms with Crippen LogP contribution in [0.25, 0.3) is 0 Å². The average molecular weight is 808 g/mol. The number of fused-ring (bicyclic) bond motifs is 2. The summed E-state index contributed by atoms with van der Waals surface area (Å²) in [7, 11) is 0. The summed E-state index contributed by atoms with van der Waals surface area (Å²) in [6.45, 7) is 1.50. The molecule has 0 aliphatic carbocycles. The predicted molar refractivity (Wildman–Crippen MR) is 134 cm³/mol. The summed E-state index contributed by atoms with van der Waals surface area (Å²) < 4.78 is 3.39. The minimum absolute atomic E-state index is 0.126. The number of nitrogens with zero attached hydrogens (tertiary/aromatic N) is 2. The third-order valence-electron chi connectivity index (χ3n) is 5.03. The van der Waals surface area contributed by atoms with E-state index < -0.39 is 29.7 Å². The number of rotatable bonds is 3. The number of amides is 4. The lowest BCUT2D eigenvalue weighted by Gasteiger charge is -2.26. The molecule has 0 fully saturated rings. The van der Waals surface area contributed by atoms with E-state index in [0.717, 1.165) is 9.80 Å². The Morgan fingerprint density at radius 1 is 0.677 bits per heavy atom. The van der Waals surface area contributed by atoms with Crippen molar-refractivity contribution >= 4 is 119 Å². The van der Waals surface area contributed by atoms with Gasteiger partial charge in [0.25, 0.3) is 23.6 Å². The highest BCUT2D eigenvalue weighted by molar-refractivity contribution is 9.15. The SMILES string of the molecule is CC(CN1C(=O)c2cc(Br)c(Br)c(Br)c2C1=O)N1C(=O)c2cc(Br)c(Br)c(Br)c2C1=O. The summed E-state index contributed by atoms with van der Waals surface area (Å²) in [6, 6.07) is 2.42. The van der Waals surface area contributed by atoms with Crippen molar-refractivity contribution in [3.8, 4) is 0 Å². The molecule has 12 heteroatoms. The van der Waals surface area contributed by atoms with E-state index >= 15 is 0 Å². The first-order valence-electron chi connectivity index (χ1n) is 8.56. The van der Waals surface area contributed by atoms with Crippen molar-refractivity contribution < 1.29 is 19.2 Å². The average Bonchev–Trinajstić information content (AvgIpc) is 3.09. The van der Waals surface area contributed by atoms with Crippen molar-refractivity contribution in [3.63, 3.8) is 0 Å². The van der Waals surface area contributed by atoms with Crippen LogP contribution in [0.3, 0.4) is 0 Å². The van der Waals surface area contributed by atoms with Gasteiger partial charge in [0.1, 0.15) is 0 Å². The zero-order valence-electron chi connectivity index (χ0n) is 15.2. The summed E-state index contributed by atoms with van der Waals surface area (Å²) in [6.07, 6.45) is 0. The Hall–Kier alpha value is -0.400. The molecule has 31 heavy (non-hydrogen) atoms. The van der Waals surface area contributed by atoms with Gasteiger partial charge in [0, 0.05) is 26.8 Å². The van der Waals surface area contributed by atoms with E-state index in [1.165, 1.54) is 0 Å². The predicted octanol–water partition coefficient (Wildman–Crippen LogP) is 6.54. The summed E-state index contributed by atoms with van der Waals surface area (Å²) in [4.78, 5) is 54.1. The van der Waals surface area contributed by atoms with Gasteiger partial charge in [-0.25, -0.2) is 0 Å². The quantitative estimate of drug-likeness (QED) is 0.261. The fourth-order valence-corrected chi connectivity index (χ4v) is 6.78. The second-order valence-corrected chi connectivity index (χ2v) is 11.7. The largest absolute Gasteiger partial charge is 0.272 e. The van der Waals surface area contributed by atoms with Gasteiger partial charge in [-0.15, -0.1) is 0 Å². The molecule has 4 amide bonds. The van der Waals surface area contributed by atoms with Crippen LogP contribution in [0.1, 0.15) is 48.4 Å². The molecular weight excluding hydrogens is 800 g/mol. The minimum atomic E-state index is -0.732. The van der Waals surface area contributed by atoms with Crippen LogP contribution in [0.2, 0.25) is 0 Å². The number of imide groups is 2. The van der Waals surface area contributed by atoms with Gasteiger partial charge in [-0.3, -0.25) is 29.0 Å². The van der Waals surface area contributed by atoms with E-state index in [9.17, 15) is 19.2 Å². The molecule has 0 saturated heterocycles. The molecule has 4 rings (SSSR count). The first-order chi connectivity index (χ1) is 14.5. The number of benzene rings is 2. The van der Waals surface area contributed by atoms with E-state index in [1.54, 1.807) is 19.1 Å². The Labute approximate surface area is 226 Å². The molecule has 0 bridgehead atoms. The van der Waals surface area contributed by atoms with E-state index in [1.807, 2.05) is 0 Å². The van der Waals surface area contributed by atoms with Gasteiger partial charge in [0.15, 0.2) is 0 Å². The second kappa shape index (κ2) is 8.43. The first-order valence-corrected chi connectivity index (χ1v) is 13.3. The van der Waals surface area contributed by atoms with Crippen molar-refractivity contribution in [2.45, 2.75) is 13.0 Å². The van der Waals surface area contributed by atoms with E-state index in [2.05, 4.69) is 95.6 Å². The molecule has 6 nitrogen and oxygen atoms in total. The number of carbonyl (C=O) groups excluding carboxylic acids is 4. The zero-order chi connectivity index (χ0) is 22.9. The fraction of sp³-hybridized carbons (Fsp3) is 0.158. The smallest absolute Gasteiger partial charge is 0.263 e. The Morgan fingerprint density at radius 3 is 1.65 bits per heavy atom. The van der Waals surface area contributed by atoms with Crippen LogP contribution in [0.15, 0.2) is 39.0 Å². The molecule has 0 aromatic heterocycles. The van der Waals surface area contributed by atoms with Crippen molar-refractivity contribution in [1.29, 1.82) is 0 Å². The lowest BCUT2D eigenvalue weighted by atomic mass is 10.1. The number of halogens is 6. The highest BCUT2D eigenvalue weighted by Gasteiger charge is 2.44. The van der Waals surface area contributed by atoms with Gasteiger partial charge in [-0.2, -0.15) is 0 Å². The lowest BCUT2D eigenvalue weighted by Crippen LogP contribution is -2.46. The molecule has 2 aromatic carbocycles. The molecule has 0 radical (unpaired) electrons. The summed E-state index contributed by atoms with van der Waals surface area (Å²) in [5.41, 5.74) is 0.976. The Balaban J connectivity index is 1.66. The first kappa shape index (κ1) is 23.7. The molecule has 0 saturated carbocycles.